The summed E-state index contributed by atoms with van der Waals surface area (Å²) in [7, 11) is 1.12. The van der Waals surface area contributed by atoms with Gasteiger partial charge in [0.1, 0.15) is 5.58 Å². The van der Waals surface area contributed by atoms with Crippen LogP contribution in [0.3, 0.4) is 0 Å². The Morgan fingerprint density at radius 2 is 1.26 bits per heavy atom. The number of furan rings is 1. The lowest BCUT2D eigenvalue weighted by Gasteiger charge is -2.22. The maximum atomic E-state index is 9.85. The third kappa shape index (κ3) is 3.30. The van der Waals surface area contributed by atoms with Gasteiger partial charge in [-0.05, 0) is 69.2 Å². The Labute approximate surface area is 249 Å². The number of hydrogen-bond acceptors (Lipinski definition) is 2. The maximum Gasteiger partial charge on any atom is 0.330 e. The average molecular weight is 552 g/mol. The zero-order valence-electron chi connectivity index (χ0n) is 23.9. The molecule has 3 nitrogen and oxygen atoms in total. The van der Waals surface area contributed by atoms with Crippen molar-refractivity contribution in [3.63, 3.8) is 0 Å². The van der Waals surface area contributed by atoms with Gasteiger partial charge in [-0.3, -0.25) is 0 Å². The van der Waals surface area contributed by atoms with Gasteiger partial charge in [-0.2, -0.15) is 0 Å². The molecular weight excluding hydrogens is 525 g/mol. The first-order chi connectivity index (χ1) is 21.0. The lowest BCUT2D eigenvalue weighted by atomic mass is 9.81. The van der Waals surface area contributed by atoms with E-state index in [1.807, 2.05) is 18.2 Å². The first-order valence-electron chi connectivity index (χ1n) is 14.7. The minimum absolute atomic E-state index is 0.0407. The summed E-state index contributed by atoms with van der Waals surface area (Å²) in [4.78, 5) is 0. The molecule has 2 heterocycles. The molecule has 8 aromatic rings. The van der Waals surface area contributed by atoms with Crippen LogP contribution in [0.25, 0.3) is 71.7 Å². The third-order valence-electron chi connectivity index (χ3n) is 9.50. The highest BCUT2D eigenvalue weighted by molar-refractivity contribution is 6.50. The summed E-state index contributed by atoms with van der Waals surface area (Å²) < 4.78 is 8.81. The van der Waals surface area contributed by atoms with E-state index in [-0.39, 0.29) is 5.41 Å². The molecule has 1 aliphatic rings. The standard InChI is InChI=1S/C39H27BNO2/c1-39(2)31-13-5-3-9-25(31)26-19-17-24(22-32(26)39)23-18-20-35-30(21-23)27-10-4-6-15-34(27)41(35)36-16-8-12-29-28-11-7-14-33(40-42)37(28)43-38(29)36/h3-22,42H,1-2H3. The Balaban J connectivity index is 1.26. The van der Waals surface area contributed by atoms with Gasteiger partial charge in [0, 0.05) is 27.0 Å². The van der Waals surface area contributed by atoms with Crippen LogP contribution in [0.2, 0.25) is 0 Å². The predicted octanol–water partition coefficient (Wildman–Crippen LogP) is 8.89. The first-order valence-corrected chi connectivity index (χ1v) is 14.7. The minimum atomic E-state index is -0.0407. The molecule has 43 heavy (non-hydrogen) atoms. The molecule has 0 unspecified atom stereocenters. The largest absolute Gasteiger partial charge is 0.454 e. The Hall–Kier alpha value is -5.06. The molecule has 1 radical (unpaired) electrons. The highest BCUT2D eigenvalue weighted by Crippen LogP contribution is 2.49. The van der Waals surface area contributed by atoms with Crippen molar-refractivity contribution in [3.05, 3.63) is 132 Å². The Morgan fingerprint density at radius 3 is 2.14 bits per heavy atom. The van der Waals surface area contributed by atoms with Gasteiger partial charge in [0.25, 0.3) is 0 Å². The molecule has 4 heteroatoms. The van der Waals surface area contributed by atoms with E-state index in [2.05, 4.69) is 122 Å². The summed E-state index contributed by atoms with van der Waals surface area (Å²) in [6.07, 6.45) is 0. The smallest absolute Gasteiger partial charge is 0.330 e. The molecule has 0 aliphatic heterocycles. The van der Waals surface area contributed by atoms with E-state index in [9.17, 15) is 5.02 Å². The number of nitrogens with zero attached hydrogens (tertiary/aromatic N) is 1. The van der Waals surface area contributed by atoms with Crippen molar-refractivity contribution in [2.45, 2.75) is 19.3 Å². The second-order valence-corrected chi connectivity index (χ2v) is 12.1. The monoisotopic (exact) mass is 552 g/mol. The van der Waals surface area contributed by atoms with E-state index in [1.165, 1.54) is 44.2 Å². The molecule has 0 atom stereocenters. The van der Waals surface area contributed by atoms with Crippen LogP contribution in [0.15, 0.2) is 126 Å². The van der Waals surface area contributed by atoms with Gasteiger partial charge in [0.15, 0.2) is 5.58 Å². The summed E-state index contributed by atoms with van der Waals surface area (Å²) in [6, 6.07) is 43.3. The molecule has 0 amide bonds. The molecule has 1 N–H and O–H groups in total. The van der Waals surface area contributed by atoms with E-state index >= 15 is 0 Å². The Morgan fingerprint density at radius 1 is 0.581 bits per heavy atom. The van der Waals surface area contributed by atoms with Crippen LogP contribution in [0.4, 0.5) is 0 Å². The number of para-hydroxylation sites is 3. The lowest BCUT2D eigenvalue weighted by Crippen LogP contribution is -2.14. The van der Waals surface area contributed by atoms with Gasteiger partial charge in [-0.1, -0.05) is 105 Å². The topological polar surface area (TPSA) is 38.3 Å². The van der Waals surface area contributed by atoms with Crippen molar-refractivity contribution < 1.29 is 9.44 Å². The Kier molecular flexibility index (Phi) is 4.98. The van der Waals surface area contributed by atoms with Crippen LogP contribution in [-0.2, 0) is 5.41 Å². The van der Waals surface area contributed by atoms with Crippen LogP contribution in [0, 0.1) is 0 Å². The van der Waals surface area contributed by atoms with E-state index in [0.29, 0.717) is 11.0 Å². The van der Waals surface area contributed by atoms with Gasteiger partial charge in [-0.15, -0.1) is 0 Å². The highest BCUT2D eigenvalue weighted by atomic mass is 16.3. The van der Waals surface area contributed by atoms with Gasteiger partial charge in [-0.25, -0.2) is 0 Å². The summed E-state index contributed by atoms with van der Waals surface area (Å²) in [5.74, 6) is 0. The molecular formula is C39H27BNO2. The molecule has 0 saturated heterocycles. The van der Waals surface area contributed by atoms with Crippen LogP contribution in [0.1, 0.15) is 25.0 Å². The molecule has 6 aromatic carbocycles. The number of aromatic nitrogens is 1. The normalized spacial score (nSPS) is 13.7. The van der Waals surface area contributed by atoms with E-state index in [0.717, 1.165) is 40.6 Å². The first kappa shape index (κ1) is 24.5. The third-order valence-corrected chi connectivity index (χ3v) is 9.50. The fourth-order valence-electron chi connectivity index (χ4n) is 7.40. The van der Waals surface area contributed by atoms with Gasteiger partial charge >= 0.3 is 7.48 Å². The van der Waals surface area contributed by atoms with Crippen molar-refractivity contribution >= 4 is 56.7 Å². The van der Waals surface area contributed by atoms with Crippen molar-refractivity contribution in [2.24, 2.45) is 0 Å². The van der Waals surface area contributed by atoms with E-state index in [4.69, 9.17) is 4.42 Å². The molecule has 0 fully saturated rings. The maximum absolute atomic E-state index is 9.85. The summed E-state index contributed by atoms with van der Waals surface area (Å²) >= 11 is 0. The van der Waals surface area contributed by atoms with Crippen molar-refractivity contribution in [3.8, 4) is 27.9 Å². The average Bonchev–Trinajstić information content (AvgIpc) is 3.67. The Bertz CT molecular complexity index is 2430. The van der Waals surface area contributed by atoms with Crippen LogP contribution in [0.5, 0.6) is 0 Å². The number of hydrogen-bond donors (Lipinski definition) is 1. The molecule has 0 saturated carbocycles. The van der Waals surface area contributed by atoms with Gasteiger partial charge < -0.3 is 14.0 Å². The fraction of sp³-hybridized carbons (Fsp3) is 0.0769. The highest BCUT2D eigenvalue weighted by Gasteiger charge is 2.35. The molecule has 0 spiro atoms. The van der Waals surface area contributed by atoms with Crippen molar-refractivity contribution in [1.29, 1.82) is 0 Å². The SMILES string of the molecule is CC1(C)c2ccccc2-c2ccc(-c3ccc4c(c3)c3ccccc3n4-c3cccc4c3oc3c([B]O)cccc34)cc21. The van der Waals surface area contributed by atoms with Crippen molar-refractivity contribution in [2.75, 3.05) is 0 Å². The van der Waals surface area contributed by atoms with Crippen LogP contribution in [-0.4, -0.2) is 17.1 Å². The van der Waals surface area contributed by atoms with Crippen LogP contribution >= 0.6 is 0 Å². The summed E-state index contributed by atoms with van der Waals surface area (Å²) in [6.45, 7) is 4.66. The number of benzene rings is 6. The summed E-state index contributed by atoms with van der Waals surface area (Å²) in [5.41, 5.74) is 13.2. The van der Waals surface area contributed by atoms with Crippen molar-refractivity contribution in [1.82, 2.24) is 4.57 Å². The zero-order chi connectivity index (χ0) is 28.9. The van der Waals surface area contributed by atoms with Crippen LogP contribution < -0.4 is 5.46 Å². The van der Waals surface area contributed by atoms with Gasteiger partial charge in [0.05, 0.1) is 16.7 Å². The second-order valence-electron chi connectivity index (χ2n) is 12.1. The number of rotatable bonds is 3. The molecule has 0 bridgehead atoms. The zero-order valence-corrected chi connectivity index (χ0v) is 23.9. The molecule has 9 rings (SSSR count). The fourth-order valence-corrected chi connectivity index (χ4v) is 7.40. The number of fused-ring (bicyclic) bond motifs is 9. The quantitative estimate of drug-likeness (QED) is 0.222. The minimum Gasteiger partial charge on any atom is -0.454 e. The lowest BCUT2D eigenvalue weighted by molar-refractivity contribution is 0.613. The molecule has 1 aliphatic carbocycles. The van der Waals surface area contributed by atoms with E-state index in [1.54, 1.807) is 0 Å². The van der Waals surface area contributed by atoms with E-state index < -0.39 is 0 Å². The molecule has 203 valence electrons. The summed E-state index contributed by atoms with van der Waals surface area (Å²) in [5, 5.41) is 14.3. The molecule has 2 aromatic heterocycles. The second kappa shape index (κ2) is 8.73. The van der Waals surface area contributed by atoms with Gasteiger partial charge in [0.2, 0.25) is 0 Å². The predicted molar refractivity (Wildman–Crippen MR) is 179 cm³/mol.